The normalized spacial score (nSPS) is 17.4. The van der Waals surface area contributed by atoms with Gasteiger partial charge in [-0.25, -0.2) is 4.90 Å². The molecule has 0 aliphatic carbocycles. The van der Waals surface area contributed by atoms with Crippen molar-refractivity contribution < 1.29 is 14.5 Å². The predicted molar refractivity (Wildman–Crippen MR) is 104 cm³/mol. The Morgan fingerprint density at radius 1 is 0.821 bits per heavy atom. The first-order chi connectivity index (χ1) is 13.6. The number of anilines is 1. The van der Waals surface area contributed by atoms with Gasteiger partial charge in [0, 0.05) is 25.2 Å². The maximum absolute atomic E-state index is 13.3. The van der Waals surface area contributed by atoms with Gasteiger partial charge >= 0.3 is 0 Å². The molecule has 0 aromatic heterocycles. The molecule has 7 nitrogen and oxygen atoms in total. The number of imide groups is 1. The lowest BCUT2D eigenvalue weighted by molar-refractivity contribution is -0.384. The van der Waals surface area contributed by atoms with Crippen molar-refractivity contribution in [3.8, 4) is 0 Å². The second-order valence-corrected chi connectivity index (χ2v) is 6.86. The largest absolute Gasteiger partial charge is 0.366 e. The van der Waals surface area contributed by atoms with Crippen molar-refractivity contribution in [2.75, 3.05) is 18.0 Å². The van der Waals surface area contributed by atoms with Crippen molar-refractivity contribution in [2.45, 2.75) is 19.3 Å². The molecule has 0 unspecified atom stereocenters. The van der Waals surface area contributed by atoms with E-state index in [0.717, 1.165) is 19.3 Å². The minimum Gasteiger partial charge on any atom is -0.366 e. The molecule has 0 atom stereocenters. The van der Waals surface area contributed by atoms with Crippen LogP contribution in [0.5, 0.6) is 0 Å². The fraction of sp³-hybridized carbons (Fsp3) is 0.238. The number of hydrogen-bond acceptors (Lipinski definition) is 5. The highest BCUT2D eigenvalue weighted by Crippen LogP contribution is 2.36. The van der Waals surface area contributed by atoms with Crippen molar-refractivity contribution in [3.05, 3.63) is 76.0 Å². The maximum Gasteiger partial charge on any atom is 0.282 e. The van der Waals surface area contributed by atoms with Crippen molar-refractivity contribution >= 4 is 28.8 Å². The SMILES string of the molecule is O=C1C(c2ccc([N+](=O)[O-])cc2)=C(N2CCCCC2)C(=O)N1c1ccccc1. The molecular weight excluding hydrogens is 358 g/mol. The van der Waals surface area contributed by atoms with E-state index in [-0.39, 0.29) is 11.6 Å². The molecule has 0 spiro atoms. The Labute approximate surface area is 162 Å². The van der Waals surface area contributed by atoms with Gasteiger partial charge in [-0.3, -0.25) is 19.7 Å². The van der Waals surface area contributed by atoms with Gasteiger partial charge < -0.3 is 4.90 Å². The van der Waals surface area contributed by atoms with Gasteiger partial charge in [-0.1, -0.05) is 18.2 Å². The Kier molecular flexibility index (Phi) is 4.65. The van der Waals surface area contributed by atoms with Gasteiger partial charge in [-0.15, -0.1) is 0 Å². The molecule has 2 heterocycles. The summed E-state index contributed by atoms with van der Waals surface area (Å²) < 4.78 is 0. The third-order valence-corrected chi connectivity index (χ3v) is 5.11. The fourth-order valence-electron chi connectivity index (χ4n) is 3.75. The summed E-state index contributed by atoms with van der Waals surface area (Å²) in [6.45, 7) is 1.43. The van der Waals surface area contributed by atoms with Crippen LogP contribution >= 0.6 is 0 Å². The summed E-state index contributed by atoms with van der Waals surface area (Å²) in [6.07, 6.45) is 3.02. The fourth-order valence-corrected chi connectivity index (χ4v) is 3.75. The summed E-state index contributed by atoms with van der Waals surface area (Å²) >= 11 is 0. The highest BCUT2D eigenvalue weighted by atomic mass is 16.6. The van der Waals surface area contributed by atoms with Gasteiger partial charge in [0.05, 0.1) is 16.2 Å². The molecule has 2 amide bonds. The van der Waals surface area contributed by atoms with E-state index in [0.29, 0.717) is 35.6 Å². The van der Waals surface area contributed by atoms with Gasteiger partial charge in [-0.05, 0) is 49.1 Å². The highest BCUT2D eigenvalue weighted by Gasteiger charge is 2.42. The van der Waals surface area contributed by atoms with Crippen LogP contribution in [0.3, 0.4) is 0 Å². The number of benzene rings is 2. The van der Waals surface area contributed by atoms with Crippen molar-refractivity contribution in [2.24, 2.45) is 0 Å². The molecule has 1 saturated heterocycles. The topological polar surface area (TPSA) is 83.8 Å². The zero-order chi connectivity index (χ0) is 19.7. The molecule has 0 radical (unpaired) electrons. The first-order valence-electron chi connectivity index (χ1n) is 9.26. The zero-order valence-electron chi connectivity index (χ0n) is 15.2. The molecule has 0 bridgehead atoms. The summed E-state index contributed by atoms with van der Waals surface area (Å²) in [4.78, 5) is 40.2. The van der Waals surface area contributed by atoms with Crippen LogP contribution in [0, 0.1) is 10.1 Å². The third-order valence-electron chi connectivity index (χ3n) is 5.11. The number of carbonyl (C=O) groups excluding carboxylic acids is 2. The molecule has 4 rings (SSSR count). The molecule has 7 heteroatoms. The number of nitro groups is 1. The quantitative estimate of drug-likeness (QED) is 0.463. The summed E-state index contributed by atoms with van der Waals surface area (Å²) in [5.41, 5.74) is 1.68. The molecule has 142 valence electrons. The lowest BCUT2D eigenvalue weighted by Crippen LogP contribution is -2.37. The average molecular weight is 377 g/mol. The molecule has 2 aliphatic rings. The maximum atomic E-state index is 13.3. The van der Waals surface area contributed by atoms with E-state index >= 15 is 0 Å². The first-order valence-corrected chi connectivity index (χ1v) is 9.26. The van der Waals surface area contributed by atoms with Crippen LogP contribution in [0.25, 0.3) is 5.57 Å². The molecule has 2 aromatic rings. The van der Waals surface area contributed by atoms with Crippen LogP contribution in [-0.2, 0) is 9.59 Å². The van der Waals surface area contributed by atoms with Gasteiger partial charge in [0.25, 0.3) is 17.5 Å². The predicted octanol–water partition coefficient (Wildman–Crippen LogP) is 3.37. The second kappa shape index (κ2) is 7.26. The number of nitro benzene ring substituents is 1. The standard InChI is InChI=1S/C21H19N3O4/c25-20-18(15-9-11-17(12-10-15)24(27)28)19(22-13-5-2-6-14-22)21(26)23(20)16-7-3-1-4-8-16/h1,3-4,7-12H,2,5-6,13-14H2. The van der Waals surface area contributed by atoms with E-state index in [1.54, 1.807) is 24.3 Å². The van der Waals surface area contributed by atoms with E-state index < -0.39 is 10.8 Å². The smallest absolute Gasteiger partial charge is 0.282 e. The molecule has 0 saturated carbocycles. The van der Waals surface area contributed by atoms with Crippen LogP contribution < -0.4 is 4.90 Å². The Hall–Kier alpha value is -3.48. The van der Waals surface area contributed by atoms with Crippen LogP contribution in [0.2, 0.25) is 0 Å². The van der Waals surface area contributed by atoms with Crippen LogP contribution in [0.4, 0.5) is 11.4 Å². The molecule has 28 heavy (non-hydrogen) atoms. The lowest BCUT2D eigenvalue weighted by Gasteiger charge is -2.29. The Balaban J connectivity index is 1.81. The minimum atomic E-state index is -0.485. The third kappa shape index (κ3) is 3.05. The monoisotopic (exact) mass is 377 g/mol. The number of rotatable bonds is 4. The van der Waals surface area contributed by atoms with Crippen LogP contribution in [0.15, 0.2) is 60.3 Å². The van der Waals surface area contributed by atoms with Gasteiger partial charge in [-0.2, -0.15) is 0 Å². The van der Waals surface area contributed by atoms with E-state index in [2.05, 4.69) is 0 Å². The number of para-hydroxylation sites is 1. The average Bonchev–Trinajstić information content (AvgIpc) is 2.99. The summed E-state index contributed by atoms with van der Waals surface area (Å²) in [5.74, 6) is -0.739. The highest BCUT2D eigenvalue weighted by molar-refractivity contribution is 6.45. The van der Waals surface area contributed by atoms with Gasteiger partial charge in [0.2, 0.25) is 0 Å². The number of amides is 2. The van der Waals surface area contributed by atoms with Crippen molar-refractivity contribution in [1.82, 2.24) is 4.90 Å². The summed E-state index contributed by atoms with van der Waals surface area (Å²) in [6, 6.07) is 14.6. The number of non-ortho nitro benzene ring substituents is 1. The molecule has 0 N–H and O–H groups in total. The van der Waals surface area contributed by atoms with Gasteiger partial charge in [0.1, 0.15) is 5.70 Å². The lowest BCUT2D eigenvalue weighted by atomic mass is 10.0. The summed E-state index contributed by atoms with van der Waals surface area (Å²) in [7, 11) is 0. The molecule has 2 aliphatic heterocycles. The first kappa shape index (κ1) is 17.9. The van der Waals surface area contributed by atoms with Crippen LogP contribution in [0.1, 0.15) is 24.8 Å². The van der Waals surface area contributed by atoms with E-state index in [1.807, 2.05) is 11.0 Å². The number of carbonyl (C=O) groups is 2. The van der Waals surface area contributed by atoms with E-state index in [9.17, 15) is 19.7 Å². The van der Waals surface area contributed by atoms with Crippen LogP contribution in [-0.4, -0.2) is 34.7 Å². The zero-order valence-corrected chi connectivity index (χ0v) is 15.2. The van der Waals surface area contributed by atoms with E-state index in [1.165, 1.54) is 29.2 Å². The number of likely N-dealkylation sites (tertiary alicyclic amines) is 1. The second-order valence-electron chi connectivity index (χ2n) is 6.86. The molecular formula is C21H19N3O4. The molecule has 1 fully saturated rings. The van der Waals surface area contributed by atoms with Crippen molar-refractivity contribution in [3.63, 3.8) is 0 Å². The Morgan fingerprint density at radius 3 is 2.07 bits per heavy atom. The van der Waals surface area contributed by atoms with Crippen molar-refractivity contribution in [1.29, 1.82) is 0 Å². The molecule has 2 aromatic carbocycles. The van der Waals surface area contributed by atoms with E-state index in [4.69, 9.17) is 0 Å². The Morgan fingerprint density at radius 2 is 1.46 bits per heavy atom. The van der Waals surface area contributed by atoms with Gasteiger partial charge in [0.15, 0.2) is 0 Å². The number of piperidine rings is 1. The minimum absolute atomic E-state index is 0.0550. The Bertz CT molecular complexity index is 961. The number of nitrogens with zero attached hydrogens (tertiary/aromatic N) is 3. The number of hydrogen-bond donors (Lipinski definition) is 0. The summed E-state index contributed by atoms with van der Waals surface area (Å²) in [5, 5.41) is 11.0.